The largest absolute Gasteiger partial charge is 0.374 e. The summed E-state index contributed by atoms with van der Waals surface area (Å²) in [6, 6.07) is 0.421. The molecular weight excluding hydrogens is 226 g/mol. The second-order valence-corrected chi connectivity index (χ2v) is 3.53. The van der Waals surface area contributed by atoms with Crippen LogP contribution in [0.5, 0.6) is 0 Å². The van der Waals surface area contributed by atoms with E-state index in [1.54, 1.807) is 0 Å². The number of ether oxygens (including phenoxy) is 1. The second kappa shape index (κ2) is 8.21. The van der Waals surface area contributed by atoms with E-state index in [1.807, 2.05) is 0 Å². The van der Waals surface area contributed by atoms with E-state index in [4.69, 9.17) is 10.5 Å². The lowest BCUT2D eigenvalue weighted by Crippen LogP contribution is -2.37. The van der Waals surface area contributed by atoms with E-state index in [0.29, 0.717) is 25.7 Å². The van der Waals surface area contributed by atoms with E-state index in [0.717, 1.165) is 19.4 Å². The molecule has 0 aromatic heterocycles. The second-order valence-electron chi connectivity index (χ2n) is 3.53. The third-order valence-electron chi connectivity index (χ3n) is 2.54. The number of alkyl halides is 2. The molecule has 0 aromatic carbocycles. The predicted molar refractivity (Wildman–Crippen MR) is 57.7 cm³/mol. The third-order valence-corrected chi connectivity index (χ3v) is 2.54. The highest BCUT2D eigenvalue weighted by Crippen LogP contribution is 2.15. The summed E-state index contributed by atoms with van der Waals surface area (Å²) in [5, 5.41) is 0. The van der Waals surface area contributed by atoms with E-state index in [2.05, 4.69) is 4.90 Å². The van der Waals surface area contributed by atoms with Gasteiger partial charge in [0.05, 0.1) is 6.61 Å². The number of hydrogen-bond acceptors (Lipinski definition) is 3. The summed E-state index contributed by atoms with van der Waals surface area (Å²) < 4.78 is 28.3. The molecule has 1 saturated heterocycles. The minimum atomic E-state index is -2.36. The molecule has 3 nitrogen and oxygen atoms in total. The molecule has 2 N–H and O–H groups in total. The standard InChI is InChI=1S/C9H18F2N2O.ClH/c10-9(11)7-14-5-4-13-3-1-2-8(13)6-12;/h8-9H,1-7,12H2;1H. The van der Waals surface area contributed by atoms with Gasteiger partial charge in [0.2, 0.25) is 0 Å². The van der Waals surface area contributed by atoms with Crippen LogP contribution in [0.4, 0.5) is 8.78 Å². The maximum atomic E-state index is 11.7. The van der Waals surface area contributed by atoms with E-state index >= 15 is 0 Å². The molecule has 1 atom stereocenters. The zero-order valence-electron chi connectivity index (χ0n) is 8.70. The molecule has 0 amide bonds. The van der Waals surface area contributed by atoms with Gasteiger partial charge in [0, 0.05) is 19.1 Å². The summed E-state index contributed by atoms with van der Waals surface area (Å²) >= 11 is 0. The van der Waals surface area contributed by atoms with Crippen molar-refractivity contribution >= 4 is 12.4 Å². The molecule has 1 fully saturated rings. The van der Waals surface area contributed by atoms with Crippen molar-refractivity contribution in [1.29, 1.82) is 0 Å². The zero-order valence-corrected chi connectivity index (χ0v) is 9.52. The molecule has 0 aromatic rings. The molecule has 6 heteroatoms. The lowest BCUT2D eigenvalue weighted by molar-refractivity contribution is 0.00902. The lowest BCUT2D eigenvalue weighted by Gasteiger charge is -2.22. The molecule has 92 valence electrons. The first-order chi connectivity index (χ1) is 6.74. The first-order valence-corrected chi connectivity index (χ1v) is 5.04. The average molecular weight is 245 g/mol. The number of nitrogens with two attached hydrogens (primary N) is 1. The van der Waals surface area contributed by atoms with Crippen LogP contribution in [0.2, 0.25) is 0 Å². The number of likely N-dealkylation sites (tertiary alicyclic amines) is 1. The van der Waals surface area contributed by atoms with Crippen LogP contribution in [0, 0.1) is 0 Å². The molecule has 0 spiro atoms. The minimum Gasteiger partial charge on any atom is -0.374 e. The molecule has 0 radical (unpaired) electrons. The summed E-state index contributed by atoms with van der Waals surface area (Å²) in [4.78, 5) is 2.21. The Labute approximate surface area is 95.4 Å². The Balaban J connectivity index is 0.00000196. The van der Waals surface area contributed by atoms with Crippen LogP contribution >= 0.6 is 12.4 Å². The van der Waals surface area contributed by atoms with Gasteiger partial charge in [0.1, 0.15) is 6.61 Å². The van der Waals surface area contributed by atoms with Crippen LogP contribution in [0.3, 0.4) is 0 Å². The van der Waals surface area contributed by atoms with E-state index < -0.39 is 13.0 Å². The highest BCUT2D eigenvalue weighted by molar-refractivity contribution is 5.85. The van der Waals surface area contributed by atoms with Crippen LogP contribution in [0.15, 0.2) is 0 Å². The Kier molecular flexibility index (Phi) is 8.23. The number of rotatable bonds is 6. The van der Waals surface area contributed by atoms with Crippen molar-refractivity contribution in [3.63, 3.8) is 0 Å². The fraction of sp³-hybridized carbons (Fsp3) is 1.00. The Hall–Kier alpha value is 0.0300. The number of hydrogen-bond donors (Lipinski definition) is 1. The molecule has 1 aliphatic heterocycles. The first-order valence-electron chi connectivity index (χ1n) is 5.04. The zero-order chi connectivity index (χ0) is 10.4. The molecule has 1 heterocycles. The molecular formula is C9H19ClF2N2O. The van der Waals surface area contributed by atoms with Crippen LogP contribution < -0.4 is 5.73 Å². The summed E-state index contributed by atoms with van der Waals surface area (Å²) in [5.74, 6) is 0. The van der Waals surface area contributed by atoms with Crippen molar-refractivity contribution in [2.75, 3.05) is 32.8 Å². The minimum absolute atomic E-state index is 0. The summed E-state index contributed by atoms with van der Waals surface area (Å²) in [6.07, 6.45) is -0.0962. The van der Waals surface area contributed by atoms with E-state index in [-0.39, 0.29) is 12.4 Å². The Bertz CT molecular complexity index is 163. The molecule has 1 aliphatic rings. The van der Waals surface area contributed by atoms with E-state index in [1.165, 1.54) is 0 Å². The maximum absolute atomic E-state index is 11.7. The quantitative estimate of drug-likeness (QED) is 0.712. The monoisotopic (exact) mass is 244 g/mol. The molecule has 0 bridgehead atoms. The van der Waals surface area contributed by atoms with Crippen LogP contribution in [-0.4, -0.2) is 50.2 Å². The van der Waals surface area contributed by atoms with Gasteiger partial charge in [-0.05, 0) is 19.4 Å². The predicted octanol–water partition coefficient (Wildman–Crippen LogP) is 1.11. The van der Waals surface area contributed by atoms with Gasteiger partial charge in [0.25, 0.3) is 6.43 Å². The number of halogens is 3. The van der Waals surface area contributed by atoms with E-state index in [9.17, 15) is 8.78 Å². The van der Waals surface area contributed by atoms with Crippen molar-refractivity contribution in [2.24, 2.45) is 5.73 Å². The fourth-order valence-electron chi connectivity index (χ4n) is 1.81. The van der Waals surface area contributed by atoms with Gasteiger partial charge < -0.3 is 10.5 Å². The van der Waals surface area contributed by atoms with Crippen molar-refractivity contribution in [3.8, 4) is 0 Å². The molecule has 0 saturated carbocycles. The third kappa shape index (κ3) is 5.61. The van der Waals surface area contributed by atoms with Crippen molar-refractivity contribution in [3.05, 3.63) is 0 Å². The van der Waals surface area contributed by atoms with Crippen LogP contribution in [0.25, 0.3) is 0 Å². The molecule has 1 rings (SSSR count). The number of nitrogens with zero attached hydrogens (tertiary/aromatic N) is 1. The van der Waals surface area contributed by atoms with Crippen molar-refractivity contribution in [2.45, 2.75) is 25.3 Å². The topological polar surface area (TPSA) is 38.5 Å². The highest BCUT2D eigenvalue weighted by Gasteiger charge is 2.22. The highest BCUT2D eigenvalue weighted by atomic mass is 35.5. The Morgan fingerprint density at radius 3 is 2.80 bits per heavy atom. The van der Waals surface area contributed by atoms with Crippen molar-refractivity contribution < 1.29 is 13.5 Å². The normalized spacial score (nSPS) is 22.0. The first kappa shape index (κ1) is 15.0. The smallest absolute Gasteiger partial charge is 0.261 e. The SMILES string of the molecule is Cl.NCC1CCCN1CCOCC(F)F. The van der Waals surface area contributed by atoms with Gasteiger partial charge in [-0.2, -0.15) is 0 Å². The average Bonchev–Trinajstić information content (AvgIpc) is 2.59. The van der Waals surface area contributed by atoms with Crippen LogP contribution in [-0.2, 0) is 4.74 Å². The van der Waals surface area contributed by atoms with Gasteiger partial charge in [-0.25, -0.2) is 8.78 Å². The van der Waals surface area contributed by atoms with Gasteiger partial charge in [-0.1, -0.05) is 0 Å². The summed E-state index contributed by atoms with van der Waals surface area (Å²) in [5.41, 5.74) is 5.57. The van der Waals surface area contributed by atoms with Crippen molar-refractivity contribution in [1.82, 2.24) is 4.90 Å². The molecule has 0 aliphatic carbocycles. The molecule has 15 heavy (non-hydrogen) atoms. The van der Waals surface area contributed by atoms with Gasteiger partial charge in [-0.3, -0.25) is 4.90 Å². The lowest BCUT2D eigenvalue weighted by atomic mass is 10.2. The maximum Gasteiger partial charge on any atom is 0.261 e. The van der Waals surface area contributed by atoms with Gasteiger partial charge >= 0.3 is 0 Å². The molecule has 1 unspecified atom stereocenters. The Morgan fingerprint density at radius 2 is 2.20 bits per heavy atom. The van der Waals surface area contributed by atoms with Gasteiger partial charge in [-0.15, -0.1) is 12.4 Å². The Morgan fingerprint density at radius 1 is 1.47 bits per heavy atom. The summed E-state index contributed by atoms with van der Waals surface area (Å²) in [6.45, 7) is 2.30. The van der Waals surface area contributed by atoms with Gasteiger partial charge in [0.15, 0.2) is 0 Å². The summed E-state index contributed by atoms with van der Waals surface area (Å²) in [7, 11) is 0. The fourth-order valence-corrected chi connectivity index (χ4v) is 1.81. The van der Waals surface area contributed by atoms with Crippen LogP contribution in [0.1, 0.15) is 12.8 Å².